The van der Waals surface area contributed by atoms with Crippen molar-refractivity contribution in [2.24, 2.45) is 4.99 Å². The molecule has 0 radical (unpaired) electrons. The lowest BCUT2D eigenvalue weighted by Gasteiger charge is -2.14. The average molecular weight is 524 g/mol. The van der Waals surface area contributed by atoms with Crippen molar-refractivity contribution >= 4 is 29.9 Å². The summed E-state index contributed by atoms with van der Waals surface area (Å²) in [6.45, 7) is 1.01. The molecule has 158 valence electrons. The van der Waals surface area contributed by atoms with Crippen LogP contribution in [0.25, 0.3) is 0 Å². The van der Waals surface area contributed by atoms with Crippen LogP contribution in [0.4, 0.5) is 8.78 Å². The van der Waals surface area contributed by atoms with Crippen molar-refractivity contribution in [3.8, 4) is 11.6 Å². The Bertz CT molecular complexity index is 985. The summed E-state index contributed by atoms with van der Waals surface area (Å²) in [5.41, 5.74) is 1.70. The summed E-state index contributed by atoms with van der Waals surface area (Å²) in [6.07, 6.45) is 2.28. The SMILES string of the molecule is CN=C(NCCc1cccc(F)c1)NCc1cccnc1Oc1cccc(F)c1.I. The zero-order valence-corrected chi connectivity index (χ0v) is 18.8. The summed E-state index contributed by atoms with van der Waals surface area (Å²) in [5.74, 6) is 0.749. The quantitative estimate of drug-likeness (QED) is 0.268. The van der Waals surface area contributed by atoms with E-state index in [2.05, 4.69) is 20.6 Å². The van der Waals surface area contributed by atoms with Gasteiger partial charge >= 0.3 is 0 Å². The standard InChI is InChI=1S/C22H22F2N4O.HI/c1-25-22(27-12-10-16-5-2-7-18(23)13-16)28-15-17-6-4-11-26-21(17)29-20-9-3-8-19(24)14-20;/h2-9,11,13-14H,10,12,15H2,1H3,(H2,25,27,28);1H. The highest BCUT2D eigenvalue weighted by Crippen LogP contribution is 2.23. The van der Waals surface area contributed by atoms with Crippen molar-refractivity contribution in [1.29, 1.82) is 0 Å². The molecule has 5 nitrogen and oxygen atoms in total. The number of halogens is 3. The number of nitrogens with one attached hydrogen (secondary N) is 2. The van der Waals surface area contributed by atoms with Gasteiger partial charge in [-0.2, -0.15) is 0 Å². The Morgan fingerprint density at radius 2 is 1.77 bits per heavy atom. The monoisotopic (exact) mass is 524 g/mol. The van der Waals surface area contributed by atoms with Crippen LogP contribution < -0.4 is 15.4 Å². The summed E-state index contributed by atoms with van der Waals surface area (Å²) in [7, 11) is 1.67. The lowest BCUT2D eigenvalue weighted by molar-refractivity contribution is 0.450. The number of benzene rings is 2. The number of hydrogen-bond acceptors (Lipinski definition) is 3. The first kappa shape index (κ1) is 23.5. The van der Waals surface area contributed by atoms with Gasteiger partial charge in [-0.15, -0.1) is 24.0 Å². The molecular weight excluding hydrogens is 501 g/mol. The second-order valence-corrected chi connectivity index (χ2v) is 6.26. The van der Waals surface area contributed by atoms with Crippen LogP contribution >= 0.6 is 24.0 Å². The molecule has 3 rings (SSSR count). The van der Waals surface area contributed by atoms with Crippen molar-refractivity contribution in [2.45, 2.75) is 13.0 Å². The molecule has 1 aromatic heterocycles. The van der Waals surface area contributed by atoms with Crippen LogP contribution in [0.3, 0.4) is 0 Å². The third-order valence-corrected chi connectivity index (χ3v) is 4.13. The zero-order chi connectivity index (χ0) is 20.5. The van der Waals surface area contributed by atoms with Gasteiger partial charge in [0.15, 0.2) is 5.96 Å². The van der Waals surface area contributed by atoms with Crippen LogP contribution in [0.5, 0.6) is 11.6 Å². The highest BCUT2D eigenvalue weighted by molar-refractivity contribution is 14.0. The summed E-state index contributed by atoms with van der Waals surface area (Å²) >= 11 is 0. The molecular formula is C22H23F2IN4O. The number of aromatic nitrogens is 1. The number of ether oxygens (including phenoxy) is 1. The van der Waals surface area contributed by atoms with Gasteiger partial charge in [0, 0.05) is 38.0 Å². The first-order chi connectivity index (χ1) is 14.1. The summed E-state index contributed by atoms with van der Waals surface area (Å²) < 4.78 is 32.3. The Balaban J connectivity index is 0.00000320. The van der Waals surface area contributed by atoms with E-state index >= 15 is 0 Å². The van der Waals surface area contributed by atoms with Crippen molar-refractivity contribution in [1.82, 2.24) is 15.6 Å². The van der Waals surface area contributed by atoms with E-state index in [0.717, 1.165) is 11.1 Å². The smallest absolute Gasteiger partial charge is 0.224 e. The van der Waals surface area contributed by atoms with E-state index in [1.165, 1.54) is 24.3 Å². The van der Waals surface area contributed by atoms with Gasteiger partial charge in [0.25, 0.3) is 0 Å². The van der Waals surface area contributed by atoms with Gasteiger partial charge in [0.2, 0.25) is 5.88 Å². The van der Waals surface area contributed by atoms with Gasteiger partial charge < -0.3 is 15.4 Å². The predicted octanol–water partition coefficient (Wildman–Crippen LogP) is 4.68. The van der Waals surface area contributed by atoms with E-state index in [0.29, 0.717) is 37.1 Å². The van der Waals surface area contributed by atoms with Crippen LogP contribution in [0, 0.1) is 11.6 Å². The second-order valence-electron chi connectivity index (χ2n) is 6.26. The van der Waals surface area contributed by atoms with Gasteiger partial charge in [-0.3, -0.25) is 4.99 Å². The maximum absolute atomic E-state index is 13.4. The van der Waals surface area contributed by atoms with E-state index < -0.39 is 0 Å². The predicted molar refractivity (Wildman–Crippen MR) is 124 cm³/mol. The topological polar surface area (TPSA) is 58.5 Å². The fraction of sp³-hybridized carbons (Fsp3) is 0.182. The molecule has 2 aromatic carbocycles. The van der Waals surface area contributed by atoms with Crippen LogP contribution in [0.2, 0.25) is 0 Å². The van der Waals surface area contributed by atoms with Gasteiger partial charge in [0.1, 0.15) is 17.4 Å². The van der Waals surface area contributed by atoms with Crippen molar-refractivity contribution < 1.29 is 13.5 Å². The average Bonchev–Trinajstić information content (AvgIpc) is 2.71. The molecule has 0 fully saturated rings. The fourth-order valence-corrected chi connectivity index (χ4v) is 2.71. The van der Waals surface area contributed by atoms with Crippen LogP contribution in [-0.4, -0.2) is 24.5 Å². The Kier molecular flexibility index (Phi) is 9.46. The third-order valence-electron chi connectivity index (χ3n) is 4.13. The van der Waals surface area contributed by atoms with Crippen LogP contribution in [0.1, 0.15) is 11.1 Å². The molecule has 0 aliphatic rings. The Morgan fingerprint density at radius 3 is 2.50 bits per heavy atom. The normalized spacial score (nSPS) is 10.8. The molecule has 0 amide bonds. The molecule has 8 heteroatoms. The summed E-state index contributed by atoms with van der Waals surface area (Å²) in [5, 5.41) is 6.38. The van der Waals surface area contributed by atoms with Gasteiger partial charge in [0.05, 0.1) is 0 Å². The molecule has 1 heterocycles. The molecule has 0 spiro atoms. The van der Waals surface area contributed by atoms with E-state index in [4.69, 9.17) is 4.74 Å². The van der Waals surface area contributed by atoms with E-state index in [1.54, 1.807) is 37.5 Å². The zero-order valence-electron chi connectivity index (χ0n) is 16.4. The summed E-state index contributed by atoms with van der Waals surface area (Å²) in [6, 6.07) is 16.1. The van der Waals surface area contributed by atoms with E-state index in [9.17, 15) is 8.78 Å². The molecule has 0 bridgehead atoms. The second kappa shape index (κ2) is 12.1. The van der Waals surface area contributed by atoms with Crippen molar-refractivity contribution in [2.75, 3.05) is 13.6 Å². The Labute approximate surface area is 191 Å². The molecule has 0 unspecified atom stereocenters. The van der Waals surface area contributed by atoms with Crippen molar-refractivity contribution in [3.05, 3.63) is 89.6 Å². The third kappa shape index (κ3) is 7.25. The Hall–Kier alpha value is -2.75. The van der Waals surface area contributed by atoms with Gasteiger partial charge in [-0.1, -0.05) is 24.3 Å². The minimum Gasteiger partial charge on any atom is -0.439 e. The fourth-order valence-electron chi connectivity index (χ4n) is 2.71. The van der Waals surface area contributed by atoms with E-state index in [-0.39, 0.29) is 35.6 Å². The molecule has 0 saturated heterocycles. The number of aliphatic imine (C=N–C) groups is 1. The lowest BCUT2D eigenvalue weighted by Crippen LogP contribution is -2.37. The first-order valence-corrected chi connectivity index (χ1v) is 9.20. The number of rotatable bonds is 7. The highest BCUT2D eigenvalue weighted by atomic mass is 127. The molecule has 30 heavy (non-hydrogen) atoms. The molecule has 3 aromatic rings. The Morgan fingerprint density at radius 1 is 1.00 bits per heavy atom. The minimum atomic E-state index is -0.374. The largest absolute Gasteiger partial charge is 0.439 e. The number of pyridine rings is 1. The number of guanidine groups is 1. The molecule has 0 aliphatic heterocycles. The van der Waals surface area contributed by atoms with Gasteiger partial charge in [-0.05, 0) is 42.3 Å². The minimum absolute atomic E-state index is 0. The molecule has 2 N–H and O–H groups in total. The molecule has 0 aliphatic carbocycles. The number of hydrogen-bond donors (Lipinski definition) is 2. The van der Waals surface area contributed by atoms with Gasteiger partial charge in [-0.25, -0.2) is 13.8 Å². The van der Waals surface area contributed by atoms with E-state index in [1.807, 2.05) is 12.1 Å². The molecule has 0 saturated carbocycles. The maximum Gasteiger partial charge on any atom is 0.224 e. The van der Waals surface area contributed by atoms with Crippen molar-refractivity contribution in [3.63, 3.8) is 0 Å². The van der Waals surface area contributed by atoms with Crippen LogP contribution in [-0.2, 0) is 13.0 Å². The van der Waals surface area contributed by atoms with Crippen LogP contribution in [0.15, 0.2) is 71.9 Å². The number of nitrogens with zero attached hydrogens (tertiary/aromatic N) is 2. The maximum atomic E-state index is 13.4. The first-order valence-electron chi connectivity index (χ1n) is 9.20. The highest BCUT2D eigenvalue weighted by Gasteiger charge is 2.08. The molecule has 0 atom stereocenters. The lowest BCUT2D eigenvalue weighted by atomic mass is 10.1. The summed E-state index contributed by atoms with van der Waals surface area (Å²) in [4.78, 5) is 8.42.